The number of nitrogens with one attached hydrogen (secondary N) is 1. The molecule has 1 unspecified atom stereocenters. The molecule has 2 aromatic carbocycles. The number of rotatable bonds is 9. The Kier molecular flexibility index (Phi) is 9.21. The zero-order valence-corrected chi connectivity index (χ0v) is 20.9. The smallest absolute Gasteiger partial charge is 0.244 e. The van der Waals surface area contributed by atoms with Crippen LogP contribution < -0.4 is 9.62 Å². The van der Waals surface area contributed by atoms with Crippen molar-refractivity contribution in [2.45, 2.75) is 25.9 Å². The van der Waals surface area contributed by atoms with E-state index in [2.05, 4.69) is 5.32 Å². The monoisotopic (exact) mass is 519 g/mol. The van der Waals surface area contributed by atoms with Crippen molar-refractivity contribution >= 4 is 62.3 Å². The van der Waals surface area contributed by atoms with Gasteiger partial charge in [0.2, 0.25) is 21.8 Å². The van der Waals surface area contributed by atoms with Gasteiger partial charge in [0, 0.05) is 18.6 Å². The first-order chi connectivity index (χ1) is 15.0. The quantitative estimate of drug-likeness (QED) is 0.542. The third-order valence-corrected chi connectivity index (χ3v) is 7.05. The Hall–Kier alpha value is -2.00. The number of likely N-dealkylation sites (N-methyl/N-ethyl adjacent to an activating group) is 1. The number of hydrogen-bond donors (Lipinski definition) is 1. The van der Waals surface area contributed by atoms with Gasteiger partial charge in [0.15, 0.2) is 0 Å². The molecule has 0 heterocycles. The lowest BCUT2D eigenvalue weighted by molar-refractivity contribution is -0.140. The van der Waals surface area contributed by atoms with E-state index in [1.54, 1.807) is 31.2 Å². The van der Waals surface area contributed by atoms with E-state index in [4.69, 9.17) is 34.8 Å². The van der Waals surface area contributed by atoms with E-state index < -0.39 is 28.5 Å². The van der Waals surface area contributed by atoms with Crippen LogP contribution in [0.3, 0.4) is 0 Å². The lowest BCUT2D eigenvalue weighted by Gasteiger charge is -2.32. The number of amides is 2. The second-order valence-electron chi connectivity index (χ2n) is 7.02. The Labute approximate surface area is 203 Å². The van der Waals surface area contributed by atoms with Gasteiger partial charge < -0.3 is 10.2 Å². The van der Waals surface area contributed by atoms with Crippen molar-refractivity contribution in [3.05, 3.63) is 63.1 Å². The summed E-state index contributed by atoms with van der Waals surface area (Å²) in [6.45, 7) is 1.26. The van der Waals surface area contributed by atoms with Crippen molar-refractivity contribution in [1.29, 1.82) is 0 Å². The standard InChI is InChI=1S/C21H24Cl3N3O4S/c1-4-19(21(29)25-2)26(12-14-7-5-6-8-16(14)22)20(28)13-27(32(3,30)31)15-9-10-17(23)18(24)11-15/h5-11,19H,4,12-13H2,1-3H3,(H,25,29). The van der Waals surface area contributed by atoms with Crippen LogP contribution in [0.15, 0.2) is 42.5 Å². The Bertz CT molecular complexity index is 1100. The van der Waals surface area contributed by atoms with Crippen LogP contribution in [-0.2, 0) is 26.2 Å². The molecule has 11 heteroatoms. The topological polar surface area (TPSA) is 86.8 Å². The van der Waals surface area contributed by atoms with E-state index in [1.807, 2.05) is 0 Å². The molecule has 1 atom stereocenters. The third kappa shape index (κ3) is 6.51. The summed E-state index contributed by atoms with van der Waals surface area (Å²) in [5.74, 6) is -0.940. The number of nitrogens with zero attached hydrogens (tertiary/aromatic N) is 2. The normalized spacial score (nSPS) is 12.2. The number of carbonyl (C=O) groups excluding carboxylic acids is 2. The average molecular weight is 521 g/mol. The van der Waals surface area contributed by atoms with E-state index in [0.717, 1.165) is 10.6 Å². The fourth-order valence-corrected chi connectivity index (χ4v) is 4.48. The van der Waals surface area contributed by atoms with Crippen molar-refractivity contribution in [3.8, 4) is 0 Å². The highest BCUT2D eigenvalue weighted by Crippen LogP contribution is 2.29. The van der Waals surface area contributed by atoms with Crippen molar-refractivity contribution in [2.24, 2.45) is 0 Å². The molecule has 174 valence electrons. The maximum atomic E-state index is 13.4. The van der Waals surface area contributed by atoms with Crippen LogP contribution in [0, 0.1) is 0 Å². The molecule has 0 bridgehead atoms. The Morgan fingerprint density at radius 3 is 2.22 bits per heavy atom. The average Bonchev–Trinajstić information content (AvgIpc) is 2.74. The van der Waals surface area contributed by atoms with Gasteiger partial charge in [-0.1, -0.05) is 59.9 Å². The summed E-state index contributed by atoms with van der Waals surface area (Å²) in [5.41, 5.74) is 0.811. The van der Waals surface area contributed by atoms with Crippen LogP contribution in [0.4, 0.5) is 5.69 Å². The molecule has 0 aliphatic heterocycles. The Morgan fingerprint density at radius 2 is 1.69 bits per heavy atom. The van der Waals surface area contributed by atoms with Crippen molar-refractivity contribution in [1.82, 2.24) is 10.2 Å². The predicted octanol–water partition coefficient (Wildman–Crippen LogP) is 3.97. The maximum Gasteiger partial charge on any atom is 0.244 e. The molecule has 0 saturated carbocycles. The summed E-state index contributed by atoms with van der Waals surface area (Å²) < 4.78 is 25.9. The molecule has 0 spiro atoms. The number of hydrogen-bond acceptors (Lipinski definition) is 4. The molecule has 0 aliphatic carbocycles. The predicted molar refractivity (Wildman–Crippen MR) is 129 cm³/mol. The lowest BCUT2D eigenvalue weighted by atomic mass is 10.1. The molecule has 2 amide bonds. The zero-order valence-electron chi connectivity index (χ0n) is 17.8. The summed E-state index contributed by atoms with van der Waals surface area (Å²) in [7, 11) is -2.38. The molecule has 7 nitrogen and oxygen atoms in total. The van der Waals surface area contributed by atoms with E-state index in [1.165, 1.54) is 30.1 Å². The van der Waals surface area contributed by atoms with Crippen molar-refractivity contribution in [2.75, 3.05) is 24.2 Å². The molecule has 1 N–H and O–H groups in total. The molecule has 2 aromatic rings. The highest BCUT2D eigenvalue weighted by Gasteiger charge is 2.31. The summed E-state index contributed by atoms with van der Waals surface area (Å²) in [6.07, 6.45) is 1.30. The highest BCUT2D eigenvalue weighted by molar-refractivity contribution is 7.92. The molecule has 0 radical (unpaired) electrons. The van der Waals surface area contributed by atoms with Crippen LogP contribution in [-0.4, -0.2) is 51.0 Å². The van der Waals surface area contributed by atoms with Gasteiger partial charge >= 0.3 is 0 Å². The zero-order chi connectivity index (χ0) is 24.1. The van der Waals surface area contributed by atoms with Gasteiger partial charge in [-0.25, -0.2) is 8.42 Å². The Morgan fingerprint density at radius 1 is 1.03 bits per heavy atom. The minimum atomic E-state index is -3.86. The summed E-state index contributed by atoms with van der Waals surface area (Å²) >= 11 is 18.3. The molecular formula is C21H24Cl3N3O4S. The first kappa shape index (κ1) is 26.3. The minimum Gasteiger partial charge on any atom is -0.357 e. The summed E-state index contributed by atoms with van der Waals surface area (Å²) in [5, 5.41) is 3.38. The van der Waals surface area contributed by atoms with Crippen LogP contribution in [0.25, 0.3) is 0 Å². The SMILES string of the molecule is CCC(C(=O)NC)N(Cc1ccccc1Cl)C(=O)CN(c1ccc(Cl)c(Cl)c1)S(C)(=O)=O. The van der Waals surface area contributed by atoms with Gasteiger partial charge in [-0.2, -0.15) is 0 Å². The fraction of sp³-hybridized carbons (Fsp3) is 0.333. The summed E-state index contributed by atoms with van der Waals surface area (Å²) in [4.78, 5) is 27.2. The summed E-state index contributed by atoms with van der Waals surface area (Å²) in [6, 6.07) is 10.4. The second-order valence-corrected chi connectivity index (χ2v) is 10.1. The van der Waals surface area contributed by atoms with Crippen LogP contribution in [0.2, 0.25) is 15.1 Å². The number of carbonyl (C=O) groups is 2. The largest absolute Gasteiger partial charge is 0.357 e. The molecule has 0 fully saturated rings. The van der Waals surface area contributed by atoms with E-state index in [0.29, 0.717) is 17.0 Å². The molecular weight excluding hydrogens is 497 g/mol. The number of anilines is 1. The van der Waals surface area contributed by atoms with Crippen molar-refractivity contribution < 1.29 is 18.0 Å². The van der Waals surface area contributed by atoms with Gasteiger partial charge in [0.1, 0.15) is 12.6 Å². The molecule has 0 saturated heterocycles. The number of sulfonamides is 1. The maximum absolute atomic E-state index is 13.4. The molecule has 2 rings (SSSR count). The van der Waals surface area contributed by atoms with Crippen LogP contribution in [0.5, 0.6) is 0 Å². The van der Waals surface area contributed by atoms with Gasteiger partial charge in [-0.15, -0.1) is 0 Å². The van der Waals surface area contributed by atoms with Gasteiger partial charge in [-0.3, -0.25) is 13.9 Å². The minimum absolute atomic E-state index is 0.0312. The van der Waals surface area contributed by atoms with E-state index >= 15 is 0 Å². The fourth-order valence-electron chi connectivity index (χ4n) is 3.15. The molecule has 0 aliphatic rings. The van der Waals surface area contributed by atoms with Crippen molar-refractivity contribution in [3.63, 3.8) is 0 Å². The first-order valence-corrected chi connectivity index (χ1v) is 12.6. The lowest BCUT2D eigenvalue weighted by Crippen LogP contribution is -2.51. The number of benzene rings is 2. The van der Waals surface area contributed by atoms with Crippen LogP contribution in [0.1, 0.15) is 18.9 Å². The van der Waals surface area contributed by atoms with Gasteiger partial charge in [-0.05, 0) is 36.2 Å². The second kappa shape index (κ2) is 11.2. The Balaban J connectivity index is 2.46. The van der Waals surface area contributed by atoms with Gasteiger partial charge in [0.05, 0.1) is 22.0 Å². The van der Waals surface area contributed by atoms with Gasteiger partial charge in [0.25, 0.3) is 0 Å². The first-order valence-electron chi connectivity index (χ1n) is 9.66. The highest BCUT2D eigenvalue weighted by atomic mass is 35.5. The van der Waals surface area contributed by atoms with Crippen LogP contribution >= 0.6 is 34.8 Å². The third-order valence-electron chi connectivity index (χ3n) is 4.80. The number of halogens is 3. The van der Waals surface area contributed by atoms with E-state index in [9.17, 15) is 18.0 Å². The molecule has 32 heavy (non-hydrogen) atoms. The molecule has 0 aromatic heterocycles. The van der Waals surface area contributed by atoms with E-state index in [-0.39, 0.29) is 28.2 Å².